The Morgan fingerprint density at radius 2 is 2.12 bits per heavy atom. The smallest absolute Gasteiger partial charge is 0.275 e. The van der Waals surface area contributed by atoms with Crippen molar-refractivity contribution in [2.45, 2.75) is 51.4 Å². The lowest BCUT2D eigenvalue weighted by Gasteiger charge is -2.49. The molecule has 7 atom stereocenters. The van der Waals surface area contributed by atoms with Gasteiger partial charge < -0.3 is 20.5 Å². The van der Waals surface area contributed by atoms with Crippen LogP contribution in [0, 0.1) is 35.4 Å². The molecule has 8 nitrogen and oxygen atoms in total. The summed E-state index contributed by atoms with van der Waals surface area (Å²) in [5.41, 5.74) is 6.35. The van der Waals surface area contributed by atoms with E-state index in [2.05, 4.69) is 33.9 Å². The highest BCUT2D eigenvalue weighted by molar-refractivity contribution is 8.14. The molecule has 2 aliphatic heterocycles. The van der Waals surface area contributed by atoms with Gasteiger partial charge >= 0.3 is 0 Å². The highest BCUT2D eigenvalue weighted by atomic mass is 32.2. The minimum absolute atomic E-state index is 0.00280. The van der Waals surface area contributed by atoms with Crippen molar-refractivity contribution in [2.75, 3.05) is 31.1 Å². The van der Waals surface area contributed by atoms with Crippen LogP contribution in [0.4, 0.5) is 18.9 Å². The monoisotopic (exact) mass is 591 g/mol. The van der Waals surface area contributed by atoms with Crippen molar-refractivity contribution < 1.29 is 27.4 Å². The lowest BCUT2D eigenvalue weighted by atomic mass is 9.66. The van der Waals surface area contributed by atoms with Crippen LogP contribution in [0.15, 0.2) is 35.6 Å². The number of fused-ring (bicyclic) bond motifs is 1. The third kappa shape index (κ3) is 5.83. The summed E-state index contributed by atoms with van der Waals surface area (Å²) >= 11 is 1.65. The molecule has 222 valence electrons. The maximum absolute atomic E-state index is 15.7. The van der Waals surface area contributed by atoms with Crippen molar-refractivity contribution in [2.24, 2.45) is 40.3 Å². The standard InChI is InChI=1S/C29H36F3N5O3S/c1-15(2)19-9-22(32)16(3)26(33)25(19)28-37-29(13-39-7-6-17(29)12-41-28)20-8-18(4-5-21(20)31)36-27(38)23-10-35-24(11-34-23)40-14-30/h4-5,8,10-11,15-17,19,22,25-26H,6-7,9,12-14,33H2,1-3H3,(H,36,38)/t16?,17-,19?,22+,25?,26?,29-/m0/s1. The SMILES string of the molecule is CC(C)C1C[C@@H](F)C(C)C(N)C1C1=N[C@@]2(c3cc(NC(=O)c4cnc(OCF)cn4)ccc3F)COCC[C@H]2CS1. The Balaban J connectivity index is 1.50. The third-order valence-corrected chi connectivity index (χ3v) is 10.0. The molecule has 1 saturated carbocycles. The average Bonchev–Trinajstić information content (AvgIpc) is 2.96. The summed E-state index contributed by atoms with van der Waals surface area (Å²) in [4.78, 5) is 26.0. The molecule has 1 aromatic heterocycles. The van der Waals surface area contributed by atoms with Crippen molar-refractivity contribution in [1.29, 1.82) is 0 Å². The van der Waals surface area contributed by atoms with E-state index < -0.39 is 36.3 Å². The van der Waals surface area contributed by atoms with Crippen molar-refractivity contribution in [1.82, 2.24) is 9.97 Å². The number of aliphatic imine (C=N–C) groups is 1. The normalized spacial score (nSPS) is 31.8. The first-order chi connectivity index (χ1) is 19.6. The van der Waals surface area contributed by atoms with Crippen molar-refractivity contribution in [3.8, 4) is 5.88 Å². The molecule has 0 bridgehead atoms. The van der Waals surface area contributed by atoms with Gasteiger partial charge in [-0.25, -0.2) is 23.1 Å². The van der Waals surface area contributed by atoms with Gasteiger partial charge in [-0.2, -0.15) is 0 Å². The predicted octanol–water partition coefficient (Wildman–Crippen LogP) is 5.14. The number of thioether (sulfide) groups is 1. The molecule has 0 spiro atoms. The van der Waals surface area contributed by atoms with Gasteiger partial charge in [0.2, 0.25) is 12.7 Å². The molecule has 1 aromatic carbocycles. The van der Waals surface area contributed by atoms with E-state index in [0.717, 1.165) is 11.2 Å². The Morgan fingerprint density at radius 1 is 1.32 bits per heavy atom. The van der Waals surface area contributed by atoms with E-state index in [1.165, 1.54) is 18.3 Å². The number of carbonyl (C=O) groups is 1. The van der Waals surface area contributed by atoms with Gasteiger partial charge in [0.15, 0.2) is 0 Å². The number of rotatable bonds is 7. The Kier molecular flexibility index (Phi) is 8.91. The Morgan fingerprint density at radius 3 is 2.83 bits per heavy atom. The van der Waals surface area contributed by atoms with Gasteiger partial charge in [0.05, 0.1) is 24.0 Å². The number of ether oxygens (including phenoxy) is 2. The maximum Gasteiger partial charge on any atom is 0.275 e. The molecule has 2 fully saturated rings. The fourth-order valence-electron chi connectivity index (χ4n) is 6.30. The fourth-order valence-corrected chi connectivity index (χ4v) is 7.87. The number of benzene rings is 1. The summed E-state index contributed by atoms with van der Waals surface area (Å²) in [5, 5.41) is 3.57. The van der Waals surface area contributed by atoms with Crippen LogP contribution in [0.25, 0.3) is 0 Å². The zero-order valence-electron chi connectivity index (χ0n) is 23.4. The molecule has 3 aliphatic rings. The predicted molar refractivity (Wildman–Crippen MR) is 152 cm³/mol. The zero-order chi connectivity index (χ0) is 29.3. The Bertz CT molecular complexity index is 1280. The fraction of sp³-hybridized carbons (Fsp3) is 0.586. The zero-order valence-corrected chi connectivity index (χ0v) is 24.2. The summed E-state index contributed by atoms with van der Waals surface area (Å²) in [6.07, 6.45) is 2.47. The summed E-state index contributed by atoms with van der Waals surface area (Å²) in [5.74, 6) is -0.597. The van der Waals surface area contributed by atoms with E-state index in [4.69, 9.17) is 15.5 Å². The molecule has 2 aromatic rings. The van der Waals surface area contributed by atoms with Crippen LogP contribution in [0.3, 0.4) is 0 Å². The lowest BCUT2D eigenvalue weighted by molar-refractivity contribution is 0.00200. The average molecular weight is 592 g/mol. The van der Waals surface area contributed by atoms with Crippen LogP contribution in [0.1, 0.15) is 49.7 Å². The van der Waals surface area contributed by atoms with Gasteiger partial charge in [0.25, 0.3) is 5.91 Å². The van der Waals surface area contributed by atoms with E-state index in [1.807, 2.05) is 6.92 Å². The lowest BCUT2D eigenvalue weighted by Crippen LogP contribution is -2.55. The maximum atomic E-state index is 15.7. The van der Waals surface area contributed by atoms with E-state index in [-0.39, 0.29) is 47.8 Å². The van der Waals surface area contributed by atoms with Crippen LogP contribution in [0.2, 0.25) is 0 Å². The minimum atomic E-state index is -1.06. The molecular formula is C29H36F3N5O3S. The number of carbonyl (C=O) groups excluding carboxylic acids is 1. The van der Waals surface area contributed by atoms with E-state index in [1.54, 1.807) is 17.8 Å². The van der Waals surface area contributed by atoms with Gasteiger partial charge in [0.1, 0.15) is 23.2 Å². The van der Waals surface area contributed by atoms with Crippen LogP contribution in [0.5, 0.6) is 5.88 Å². The number of aromatic nitrogens is 2. The third-order valence-electron chi connectivity index (χ3n) is 8.80. The minimum Gasteiger partial charge on any atom is -0.445 e. The summed E-state index contributed by atoms with van der Waals surface area (Å²) < 4.78 is 53.5. The van der Waals surface area contributed by atoms with Gasteiger partial charge in [-0.05, 0) is 42.9 Å². The molecule has 0 radical (unpaired) electrons. The number of nitrogens with one attached hydrogen (secondary N) is 1. The van der Waals surface area contributed by atoms with Gasteiger partial charge in [-0.3, -0.25) is 9.79 Å². The number of alkyl halides is 2. The number of nitrogens with zero attached hydrogens (tertiary/aromatic N) is 3. The van der Waals surface area contributed by atoms with Gasteiger partial charge in [-0.15, -0.1) is 11.8 Å². The molecule has 3 heterocycles. The molecular weight excluding hydrogens is 555 g/mol. The number of halogens is 3. The molecule has 41 heavy (non-hydrogen) atoms. The topological polar surface area (TPSA) is 112 Å². The van der Waals surface area contributed by atoms with Crippen molar-refractivity contribution >= 4 is 28.4 Å². The molecule has 1 amide bonds. The molecule has 1 saturated heterocycles. The summed E-state index contributed by atoms with van der Waals surface area (Å²) in [7, 11) is 0. The molecule has 3 N–H and O–H groups in total. The summed E-state index contributed by atoms with van der Waals surface area (Å²) in [6, 6.07) is 3.97. The van der Waals surface area contributed by atoms with E-state index in [9.17, 15) is 13.6 Å². The van der Waals surface area contributed by atoms with Crippen LogP contribution < -0.4 is 15.8 Å². The number of anilines is 1. The van der Waals surface area contributed by atoms with Gasteiger partial charge in [0, 0.05) is 47.4 Å². The summed E-state index contributed by atoms with van der Waals surface area (Å²) in [6.45, 7) is 5.70. The molecule has 4 unspecified atom stereocenters. The van der Waals surface area contributed by atoms with Crippen molar-refractivity contribution in [3.05, 3.63) is 47.7 Å². The number of nitrogens with two attached hydrogens (primary N) is 1. The largest absolute Gasteiger partial charge is 0.445 e. The number of amides is 1. The molecule has 1 aliphatic carbocycles. The Labute approximate surface area is 242 Å². The Hall–Kier alpha value is -2.70. The molecule has 5 rings (SSSR count). The van der Waals surface area contributed by atoms with Crippen LogP contribution in [-0.4, -0.2) is 59.0 Å². The number of hydrogen-bond acceptors (Lipinski definition) is 8. The highest BCUT2D eigenvalue weighted by Gasteiger charge is 2.51. The van der Waals surface area contributed by atoms with Crippen LogP contribution in [-0.2, 0) is 10.3 Å². The number of hydrogen-bond donors (Lipinski definition) is 2. The molecule has 12 heteroatoms. The van der Waals surface area contributed by atoms with Crippen LogP contribution >= 0.6 is 11.8 Å². The van der Waals surface area contributed by atoms with Crippen molar-refractivity contribution in [3.63, 3.8) is 0 Å². The first-order valence-corrected chi connectivity index (χ1v) is 14.9. The first-order valence-electron chi connectivity index (χ1n) is 14.0. The second-order valence-corrected chi connectivity index (χ2v) is 12.5. The first kappa shape index (κ1) is 29.8. The van der Waals surface area contributed by atoms with E-state index >= 15 is 4.39 Å². The second kappa shape index (κ2) is 12.3. The highest BCUT2D eigenvalue weighted by Crippen LogP contribution is 2.50. The quantitative estimate of drug-likeness (QED) is 0.458. The second-order valence-electron chi connectivity index (χ2n) is 11.5. The van der Waals surface area contributed by atoms with Gasteiger partial charge in [-0.1, -0.05) is 20.8 Å². The van der Waals surface area contributed by atoms with E-state index in [0.29, 0.717) is 36.5 Å².